The zero-order valence-electron chi connectivity index (χ0n) is 5.87. The third kappa shape index (κ3) is 1.72. The van der Waals surface area contributed by atoms with Gasteiger partial charge in [0.15, 0.2) is 0 Å². The van der Waals surface area contributed by atoms with Crippen LogP contribution in [0.5, 0.6) is 0 Å². The van der Waals surface area contributed by atoms with Crippen LogP contribution in [0.1, 0.15) is 11.7 Å². The van der Waals surface area contributed by atoms with E-state index >= 15 is 0 Å². The first-order chi connectivity index (χ1) is 5.25. The smallest absolute Gasteiger partial charge is 0.146 e. The van der Waals surface area contributed by atoms with E-state index in [4.69, 9.17) is 10.8 Å². The van der Waals surface area contributed by atoms with Gasteiger partial charge in [-0.1, -0.05) is 0 Å². The molecule has 3 N–H and O–H groups in total. The SMILES string of the molecule is N[C@H](CO)c1ncccc1F. The van der Waals surface area contributed by atoms with Gasteiger partial charge in [-0.05, 0) is 12.1 Å². The number of pyridine rings is 1. The van der Waals surface area contributed by atoms with Crippen LogP contribution in [0.25, 0.3) is 0 Å². The van der Waals surface area contributed by atoms with E-state index in [-0.39, 0.29) is 12.3 Å². The van der Waals surface area contributed by atoms with Crippen molar-refractivity contribution in [3.63, 3.8) is 0 Å². The van der Waals surface area contributed by atoms with Gasteiger partial charge in [0, 0.05) is 6.20 Å². The Labute approximate surface area is 63.7 Å². The molecular formula is C7H9FN2O. The normalized spacial score (nSPS) is 13.0. The number of nitrogens with two attached hydrogens (primary N) is 1. The van der Waals surface area contributed by atoms with Crippen molar-refractivity contribution in [3.05, 3.63) is 29.8 Å². The lowest BCUT2D eigenvalue weighted by Gasteiger charge is -2.06. The molecule has 0 spiro atoms. The number of aromatic nitrogens is 1. The van der Waals surface area contributed by atoms with E-state index in [1.54, 1.807) is 0 Å². The van der Waals surface area contributed by atoms with Gasteiger partial charge >= 0.3 is 0 Å². The van der Waals surface area contributed by atoms with Crippen LogP contribution >= 0.6 is 0 Å². The number of nitrogens with zero attached hydrogens (tertiary/aromatic N) is 1. The molecule has 11 heavy (non-hydrogen) atoms. The highest BCUT2D eigenvalue weighted by molar-refractivity contribution is 5.10. The summed E-state index contributed by atoms with van der Waals surface area (Å²) < 4.78 is 12.8. The van der Waals surface area contributed by atoms with Crippen LogP contribution in [-0.2, 0) is 0 Å². The predicted octanol–water partition coefficient (Wildman–Crippen LogP) is 0.213. The van der Waals surface area contributed by atoms with Gasteiger partial charge in [0.2, 0.25) is 0 Å². The molecule has 0 amide bonds. The summed E-state index contributed by atoms with van der Waals surface area (Å²) in [5.41, 5.74) is 5.45. The lowest BCUT2D eigenvalue weighted by atomic mass is 10.2. The van der Waals surface area contributed by atoms with E-state index in [1.165, 1.54) is 18.3 Å². The lowest BCUT2D eigenvalue weighted by molar-refractivity contribution is 0.263. The molecule has 1 rings (SSSR count). The second kappa shape index (κ2) is 3.41. The Morgan fingerprint density at radius 3 is 3.00 bits per heavy atom. The standard InChI is InChI=1S/C7H9FN2O/c8-5-2-1-3-10-7(5)6(9)4-11/h1-3,6,11H,4,9H2/t6-/m1/s1. The summed E-state index contributed by atoms with van der Waals surface area (Å²) in [5.74, 6) is -0.478. The Kier molecular flexibility index (Phi) is 2.51. The molecule has 0 saturated heterocycles. The van der Waals surface area contributed by atoms with E-state index in [9.17, 15) is 4.39 Å². The van der Waals surface area contributed by atoms with Crippen molar-refractivity contribution in [1.29, 1.82) is 0 Å². The Morgan fingerprint density at radius 2 is 2.45 bits per heavy atom. The monoisotopic (exact) mass is 156 g/mol. The van der Waals surface area contributed by atoms with Gasteiger partial charge in [0.1, 0.15) is 5.82 Å². The molecule has 1 atom stereocenters. The summed E-state index contributed by atoms with van der Waals surface area (Å²) in [5, 5.41) is 8.58. The van der Waals surface area contributed by atoms with Crippen molar-refractivity contribution < 1.29 is 9.50 Å². The van der Waals surface area contributed by atoms with Gasteiger partial charge in [-0.15, -0.1) is 0 Å². The topological polar surface area (TPSA) is 59.1 Å². The van der Waals surface area contributed by atoms with Crippen LogP contribution in [0.4, 0.5) is 4.39 Å². The molecule has 0 aliphatic rings. The van der Waals surface area contributed by atoms with Crippen LogP contribution in [0, 0.1) is 5.82 Å². The second-order valence-electron chi connectivity index (χ2n) is 2.16. The molecule has 4 heteroatoms. The molecular weight excluding hydrogens is 147 g/mol. The van der Waals surface area contributed by atoms with Gasteiger partial charge in [0.05, 0.1) is 18.3 Å². The summed E-state index contributed by atoms with van der Waals surface area (Å²) in [6.07, 6.45) is 1.44. The van der Waals surface area contributed by atoms with Crippen molar-refractivity contribution in [2.24, 2.45) is 5.73 Å². The van der Waals surface area contributed by atoms with E-state index in [0.717, 1.165) is 0 Å². The molecule has 0 aromatic carbocycles. The Hall–Kier alpha value is -1.00. The fourth-order valence-corrected chi connectivity index (χ4v) is 0.757. The first-order valence-corrected chi connectivity index (χ1v) is 3.22. The van der Waals surface area contributed by atoms with Crippen molar-refractivity contribution in [1.82, 2.24) is 4.98 Å². The average Bonchev–Trinajstić information content (AvgIpc) is 2.04. The van der Waals surface area contributed by atoms with Gasteiger partial charge in [-0.2, -0.15) is 0 Å². The van der Waals surface area contributed by atoms with Crippen molar-refractivity contribution in [2.45, 2.75) is 6.04 Å². The molecule has 0 aliphatic heterocycles. The number of halogens is 1. The molecule has 60 valence electrons. The Morgan fingerprint density at radius 1 is 1.73 bits per heavy atom. The largest absolute Gasteiger partial charge is 0.394 e. The van der Waals surface area contributed by atoms with Crippen LogP contribution in [0.3, 0.4) is 0 Å². The summed E-state index contributed by atoms with van der Waals surface area (Å²) in [6, 6.07) is 2.01. The summed E-state index contributed by atoms with van der Waals surface area (Å²) >= 11 is 0. The molecule has 3 nitrogen and oxygen atoms in total. The van der Waals surface area contributed by atoms with Gasteiger partial charge < -0.3 is 10.8 Å². The van der Waals surface area contributed by atoms with E-state index < -0.39 is 11.9 Å². The van der Waals surface area contributed by atoms with Gasteiger partial charge in [-0.25, -0.2) is 4.39 Å². The molecule has 1 aromatic heterocycles. The van der Waals surface area contributed by atoms with Gasteiger partial charge in [0.25, 0.3) is 0 Å². The van der Waals surface area contributed by atoms with Crippen molar-refractivity contribution in [3.8, 4) is 0 Å². The zero-order chi connectivity index (χ0) is 8.27. The minimum absolute atomic E-state index is 0.106. The molecule has 0 bridgehead atoms. The molecule has 1 heterocycles. The number of hydrogen-bond donors (Lipinski definition) is 2. The van der Waals surface area contributed by atoms with Crippen molar-refractivity contribution >= 4 is 0 Å². The Balaban J connectivity index is 2.93. The Bertz CT molecular complexity index is 242. The maximum atomic E-state index is 12.8. The van der Waals surface area contributed by atoms with Crippen LogP contribution in [0.15, 0.2) is 18.3 Å². The van der Waals surface area contributed by atoms with Gasteiger partial charge in [-0.3, -0.25) is 4.98 Å². The number of aliphatic hydroxyl groups excluding tert-OH is 1. The lowest BCUT2D eigenvalue weighted by Crippen LogP contribution is -2.17. The average molecular weight is 156 g/mol. The maximum Gasteiger partial charge on any atom is 0.146 e. The highest BCUT2D eigenvalue weighted by Gasteiger charge is 2.09. The minimum atomic E-state index is -0.726. The van der Waals surface area contributed by atoms with Crippen LogP contribution < -0.4 is 5.73 Å². The highest BCUT2D eigenvalue weighted by atomic mass is 19.1. The van der Waals surface area contributed by atoms with E-state index in [2.05, 4.69) is 4.98 Å². The minimum Gasteiger partial charge on any atom is -0.394 e. The molecule has 0 unspecified atom stereocenters. The molecule has 0 aliphatic carbocycles. The number of hydrogen-bond acceptors (Lipinski definition) is 3. The zero-order valence-corrected chi connectivity index (χ0v) is 5.87. The fraction of sp³-hybridized carbons (Fsp3) is 0.286. The quantitative estimate of drug-likeness (QED) is 0.643. The molecule has 0 fully saturated rings. The second-order valence-corrected chi connectivity index (χ2v) is 2.16. The summed E-state index contributed by atoms with van der Waals surface area (Å²) in [7, 11) is 0. The third-order valence-corrected chi connectivity index (χ3v) is 1.33. The molecule has 1 aromatic rings. The van der Waals surface area contributed by atoms with Crippen LogP contribution in [0.2, 0.25) is 0 Å². The van der Waals surface area contributed by atoms with E-state index in [0.29, 0.717) is 0 Å². The fourth-order valence-electron chi connectivity index (χ4n) is 0.757. The first kappa shape index (κ1) is 8.10. The number of aliphatic hydroxyl groups is 1. The van der Waals surface area contributed by atoms with E-state index in [1.807, 2.05) is 0 Å². The molecule has 0 saturated carbocycles. The predicted molar refractivity (Wildman–Crippen MR) is 38.2 cm³/mol. The summed E-state index contributed by atoms with van der Waals surface area (Å²) in [4.78, 5) is 3.69. The van der Waals surface area contributed by atoms with Crippen molar-refractivity contribution in [2.75, 3.05) is 6.61 Å². The first-order valence-electron chi connectivity index (χ1n) is 3.22. The molecule has 0 radical (unpaired) electrons. The maximum absolute atomic E-state index is 12.8. The highest BCUT2D eigenvalue weighted by Crippen LogP contribution is 2.09. The summed E-state index contributed by atoms with van der Waals surface area (Å²) in [6.45, 7) is -0.298. The number of rotatable bonds is 2. The van der Waals surface area contributed by atoms with Crippen LogP contribution in [-0.4, -0.2) is 16.7 Å². The third-order valence-electron chi connectivity index (χ3n) is 1.33.